The first-order valence-corrected chi connectivity index (χ1v) is 10.1. The summed E-state index contributed by atoms with van der Waals surface area (Å²) in [6.07, 6.45) is 8.12. The van der Waals surface area contributed by atoms with Gasteiger partial charge < -0.3 is 15.6 Å². The summed E-state index contributed by atoms with van der Waals surface area (Å²) in [5, 5.41) is 17.3. The van der Waals surface area contributed by atoms with Gasteiger partial charge in [0, 0.05) is 35.6 Å². The van der Waals surface area contributed by atoms with Crippen molar-refractivity contribution in [1.82, 2.24) is 31.0 Å². The van der Waals surface area contributed by atoms with E-state index in [4.69, 9.17) is 0 Å². The van der Waals surface area contributed by atoms with E-state index in [9.17, 15) is 9.59 Å². The van der Waals surface area contributed by atoms with Crippen LogP contribution in [0.5, 0.6) is 0 Å². The number of carbonyl (C=O) groups is 2. The lowest BCUT2D eigenvalue weighted by atomic mass is 9.90. The molecule has 8 heteroatoms. The Hall–Kier alpha value is -3.16. The minimum atomic E-state index is -0.231. The molecular weight excluding hydrogens is 368 g/mol. The van der Waals surface area contributed by atoms with Crippen molar-refractivity contribution in [3.05, 3.63) is 47.4 Å². The summed E-state index contributed by atoms with van der Waals surface area (Å²) in [4.78, 5) is 27.9. The normalized spacial score (nSPS) is 19.2. The van der Waals surface area contributed by atoms with Crippen molar-refractivity contribution in [2.24, 2.45) is 0 Å². The molecule has 29 heavy (non-hydrogen) atoms. The molecule has 1 aliphatic carbocycles. The van der Waals surface area contributed by atoms with Crippen LogP contribution in [0, 0.1) is 6.92 Å². The fourth-order valence-electron chi connectivity index (χ4n) is 4.22. The molecular formula is C21H26N6O2. The number of nitrogens with one attached hydrogen (secondary N) is 4. The molecule has 2 heterocycles. The van der Waals surface area contributed by atoms with Crippen molar-refractivity contribution in [3.63, 3.8) is 0 Å². The van der Waals surface area contributed by atoms with Crippen molar-refractivity contribution in [1.29, 1.82) is 0 Å². The smallest absolute Gasteiger partial charge is 0.273 e. The molecule has 0 aliphatic heterocycles. The summed E-state index contributed by atoms with van der Waals surface area (Å²) in [7, 11) is 0. The maximum absolute atomic E-state index is 12.5. The SMILES string of the molecule is Cc1cccc2[nH]cc(CCC(=O)NC3CCCC(NC(=O)c4cn[nH]n4)C3)c12. The number of carbonyl (C=O) groups excluding carboxylic acids is 2. The number of aryl methyl sites for hydroxylation is 2. The molecule has 0 saturated heterocycles. The number of aromatic amines is 2. The highest BCUT2D eigenvalue weighted by atomic mass is 16.2. The van der Waals surface area contributed by atoms with Crippen LogP contribution in [0.3, 0.4) is 0 Å². The number of nitrogens with zero attached hydrogens (tertiary/aromatic N) is 2. The van der Waals surface area contributed by atoms with E-state index in [-0.39, 0.29) is 29.6 Å². The van der Waals surface area contributed by atoms with Gasteiger partial charge in [-0.15, -0.1) is 0 Å². The van der Waals surface area contributed by atoms with Gasteiger partial charge in [-0.25, -0.2) is 0 Å². The van der Waals surface area contributed by atoms with Crippen LogP contribution in [0.15, 0.2) is 30.6 Å². The molecule has 2 unspecified atom stereocenters. The third kappa shape index (κ3) is 4.47. The molecule has 1 fully saturated rings. The monoisotopic (exact) mass is 394 g/mol. The number of hydrogen-bond donors (Lipinski definition) is 4. The van der Waals surface area contributed by atoms with E-state index >= 15 is 0 Å². The Morgan fingerprint density at radius 3 is 2.83 bits per heavy atom. The van der Waals surface area contributed by atoms with Gasteiger partial charge in [-0.2, -0.15) is 15.4 Å². The fraction of sp³-hybridized carbons (Fsp3) is 0.429. The molecule has 2 amide bonds. The number of benzene rings is 1. The molecule has 0 radical (unpaired) electrons. The first kappa shape index (κ1) is 19.2. The summed E-state index contributed by atoms with van der Waals surface area (Å²) < 4.78 is 0. The minimum Gasteiger partial charge on any atom is -0.361 e. The number of aromatic nitrogens is 4. The van der Waals surface area contributed by atoms with E-state index in [1.54, 1.807) is 0 Å². The van der Waals surface area contributed by atoms with Crippen molar-refractivity contribution in [3.8, 4) is 0 Å². The molecule has 0 spiro atoms. The van der Waals surface area contributed by atoms with Crippen LogP contribution >= 0.6 is 0 Å². The lowest BCUT2D eigenvalue weighted by molar-refractivity contribution is -0.122. The summed E-state index contributed by atoms with van der Waals surface area (Å²) >= 11 is 0. The standard InChI is InChI=1S/C21H26N6O2/c1-13-4-2-7-17-20(13)14(11-22-17)8-9-19(28)24-15-5-3-6-16(10-15)25-21(29)18-12-23-27-26-18/h2,4,7,11-12,15-16,22H,3,5-6,8-10H2,1H3,(H,24,28)(H,25,29)(H,23,26,27). The number of amides is 2. The molecule has 1 aliphatic rings. The highest BCUT2D eigenvalue weighted by molar-refractivity contribution is 5.92. The molecule has 1 saturated carbocycles. The minimum absolute atomic E-state index is 0.0366. The fourth-order valence-corrected chi connectivity index (χ4v) is 4.22. The van der Waals surface area contributed by atoms with Gasteiger partial charge in [-0.05, 0) is 56.2 Å². The molecule has 1 aromatic carbocycles. The molecule has 3 aromatic rings. The zero-order valence-electron chi connectivity index (χ0n) is 16.5. The maximum Gasteiger partial charge on any atom is 0.273 e. The zero-order chi connectivity index (χ0) is 20.2. The third-order valence-corrected chi connectivity index (χ3v) is 5.64. The Morgan fingerprint density at radius 1 is 1.21 bits per heavy atom. The molecule has 4 N–H and O–H groups in total. The Labute approximate surface area is 168 Å². The maximum atomic E-state index is 12.5. The average Bonchev–Trinajstić information content (AvgIpc) is 3.37. The van der Waals surface area contributed by atoms with E-state index in [2.05, 4.69) is 50.1 Å². The van der Waals surface area contributed by atoms with Gasteiger partial charge in [-0.1, -0.05) is 12.1 Å². The molecule has 8 nitrogen and oxygen atoms in total. The van der Waals surface area contributed by atoms with Crippen LogP contribution < -0.4 is 10.6 Å². The van der Waals surface area contributed by atoms with Crippen molar-refractivity contribution >= 4 is 22.7 Å². The van der Waals surface area contributed by atoms with Crippen LogP contribution in [0.1, 0.15) is 53.7 Å². The van der Waals surface area contributed by atoms with Crippen LogP contribution in [-0.4, -0.2) is 44.3 Å². The molecule has 2 atom stereocenters. The topological polar surface area (TPSA) is 116 Å². The first-order chi connectivity index (χ1) is 14.1. The van der Waals surface area contributed by atoms with Gasteiger partial charge in [-0.3, -0.25) is 9.59 Å². The van der Waals surface area contributed by atoms with E-state index in [1.165, 1.54) is 22.7 Å². The number of hydrogen-bond acceptors (Lipinski definition) is 4. The molecule has 0 bridgehead atoms. The summed E-state index contributed by atoms with van der Waals surface area (Å²) in [5.41, 5.74) is 3.79. The summed E-state index contributed by atoms with van der Waals surface area (Å²) in [6, 6.07) is 6.31. The predicted octanol–water partition coefficient (Wildman–Crippen LogP) is 2.38. The van der Waals surface area contributed by atoms with Crippen molar-refractivity contribution < 1.29 is 9.59 Å². The van der Waals surface area contributed by atoms with Crippen LogP contribution in [0.2, 0.25) is 0 Å². The second-order valence-electron chi connectivity index (χ2n) is 7.77. The van der Waals surface area contributed by atoms with Crippen LogP contribution in [0.4, 0.5) is 0 Å². The lowest BCUT2D eigenvalue weighted by Gasteiger charge is -2.30. The van der Waals surface area contributed by atoms with Gasteiger partial charge in [0.2, 0.25) is 5.91 Å². The quantitative estimate of drug-likeness (QED) is 0.514. The van der Waals surface area contributed by atoms with E-state index in [1.807, 2.05) is 12.3 Å². The number of H-pyrrole nitrogens is 2. The summed E-state index contributed by atoms with van der Waals surface area (Å²) in [5.74, 6) is -0.174. The van der Waals surface area contributed by atoms with Gasteiger partial charge in [0.1, 0.15) is 0 Å². The van der Waals surface area contributed by atoms with Gasteiger partial charge in [0.05, 0.1) is 6.20 Å². The van der Waals surface area contributed by atoms with E-state index < -0.39 is 0 Å². The van der Waals surface area contributed by atoms with Gasteiger partial charge in [0.25, 0.3) is 5.91 Å². The Morgan fingerprint density at radius 2 is 2.03 bits per heavy atom. The lowest BCUT2D eigenvalue weighted by Crippen LogP contribution is -2.45. The number of fused-ring (bicyclic) bond motifs is 1. The average molecular weight is 394 g/mol. The molecule has 152 valence electrons. The Bertz CT molecular complexity index is 994. The van der Waals surface area contributed by atoms with Gasteiger partial charge >= 0.3 is 0 Å². The molecule has 4 rings (SSSR count). The summed E-state index contributed by atoms with van der Waals surface area (Å²) in [6.45, 7) is 2.09. The van der Waals surface area contributed by atoms with Gasteiger partial charge in [0.15, 0.2) is 5.69 Å². The van der Waals surface area contributed by atoms with E-state index in [0.29, 0.717) is 12.8 Å². The highest BCUT2D eigenvalue weighted by Crippen LogP contribution is 2.23. The predicted molar refractivity (Wildman–Crippen MR) is 109 cm³/mol. The van der Waals surface area contributed by atoms with Crippen molar-refractivity contribution in [2.75, 3.05) is 0 Å². The van der Waals surface area contributed by atoms with E-state index in [0.717, 1.165) is 31.2 Å². The highest BCUT2D eigenvalue weighted by Gasteiger charge is 2.25. The number of rotatable bonds is 6. The Balaban J connectivity index is 1.28. The second kappa shape index (κ2) is 8.46. The van der Waals surface area contributed by atoms with Crippen LogP contribution in [-0.2, 0) is 11.2 Å². The third-order valence-electron chi connectivity index (χ3n) is 5.64. The van der Waals surface area contributed by atoms with Crippen LogP contribution in [0.25, 0.3) is 10.9 Å². The zero-order valence-corrected chi connectivity index (χ0v) is 16.5. The second-order valence-corrected chi connectivity index (χ2v) is 7.77. The molecule has 2 aromatic heterocycles. The van der Waals surface area contributed by atoms with Crippen molar-refractivity contribution in [2.45, 2.75) is 57.5 Å². The largest absolute Gasteiger partial charge is 0.361 e. The first-order valence-electron chi connectivity index (χ1n) is 10.1. The Kier molecular flexibility index (Phi) is 5.59.